The molecule has 0 bridgehead atoms. The van der Waals surface area contributed by atoms with Crippen LogP contribution in [-0.4, -0.2) is 11.8 Å². The molecule has 0 radical (unpaired) electrons. The van der Waals surface area contributed by atoms with Crippen molar-refractivity contribution in [2.24, 2.45) is 0 Å². The molecule has 1 rings (SSSR count). The second-order valence-corrected chi connectivity index (χ2v) is 4.52. The lowest BCUT2D eigenvalue weighted by molar-refractivity contribution is -0.113. The van der Waals surface area contributed by atoms with Gasteiger partial charge < -0.3 is 5.32 Å². The summed E-state index contributed by atoms with van der Waals surface area (Å²) in [7, 11) is 0. The first kappa shape index (κ1) is 12.8. The normalized spacial score (nSPS) is 18.6. The van der Waals surface area contributed by atoms with E-state index in [4.69, 9.17) is 6.42 Å². The van der Waals surface area contributed by atoms with Crippen molar-refractivity contribution in [3.05, 3.63) is 11.3 Å². The fraction of sp³-hybridized carbons (Fsp3) is 0.643. The van der Waals surface area contributed by atoms with Crippen molar-refractivity contribution in [3.8, 4) is 12.3 Å². The minimum absolute atomic E-state index is 0.0822. The Morgan fingerprint density at radius 2 is 1.94 bits per heavy atom. The van der Waals surface area contributed by atoms with E-state index in [0.717, 1.165) is 11.3 Å². The van der Waals surface area contributed by atoms with Crippen LogP contribution in [0, 0.1) is 12.3 Å². The minimum atomic E-state index is 0.0822. The van der Waals surface area contributed by atoms with Crippen LogP contribution in [0.25, 0.3) is 0 Å². The third-order valence-electron chi connectivity index (χ3n) is 3.18. The molecule has 2 nitrogen and oxygen atoms in total. The van der Waals surface area contributed by atoms with E-state index in [1.54, 1.807) is 6.92 Å². The molecule has 0 heterocycles. The van der Waals surface area contributed by atoms with E-state index in [1.165, 1.54) is 32.1 Å². The highest BCUT2D eigenvalue weighted by atomic mass is 16.1. The molecule has 0 aromatic heterocycles. The smallest absolute Gasteiger partial charge is 0.158 e. The fourth-order valence-corrected chi connectivity index (χ4v) is 2.26. The summed E-state index contributed by atoms with van der Waals surface area (Å²) in [5.41, 5.74) is 1.73. The lowest BCUT2D eigenvalue weighted by Gasteiger charge is -2.25. The second kappa shape index (κ2) is 6.37. The van der Waals surface area contributed by atoms with Gasteiger partial charge >= 0.3 is 0 Å². The van der Waals surface area contributed by atoms with Crippen LogP contribution in [0.4, 0.5) is 0 Å². The van der Waals surface area contributed by atoms with Gasteiger partial charge in [0.25, 0.3) is 0 Å². The second-order valence-electron chi connectivity index (χ2n) is 4.52. The summed E-state index contributed by atoms with van der Waals surface area (Å²) in [6, 6.07) is 0.529. The van der Waals surface area contributed by atoms with Crippen LogP contribution in [0.5, 0.6) is 0 Å². The largest absolute Gasteiger partial charge is 0.385 e. The fourth-order valence-electron chi connectivity index (χ4n) is 2.26. The molecule has 0 aromatic carbocycles. The van der Waals surface area contributed by atoms with Crippen LogP contribution in [-0.2, 0) is 4.79 Å². The molecule has 1 aliphatic carbocycles. The summed E-state index contributed by atoms with van der Waals surface area (Å²) in [4.78, 5) is 11.4. The number of carbonyl (C=O) groups is 1. The van der Waals surface area contributed by atoms with Gasteiger partial charge in [-0.25, -0.2) is 0 Å². The molecule has 2 heteroatoms. The molecular weight excluding hydrogens is 198 g/mol. The third kappa shape index (κ3) is 3.73. The lowest BCUT2D eigenvalue weighted by Crippen LogP contribution is -2.30. The average Bonchev–Trinajstić information content (AvgIpc) is 2.26. The Balaban J connectivity index is 2.64. The summed E-state index contributed by atoms with van der Waals surface area (Å²) >= 11 is 0. The van der Waals surface area contributed by atoms with Crippen LogP contribution in [0.15, 0.2) is 11.3 Å². The average molecular weight is 219 g/mol. The lowest BCUT2D eigenvalue weighted by atomic mass is 9.95. The van der Waals surface area contributed by atoms with Crippen molar-refractivity contribution in [2.45, 2.75) is 58.4 Å². The van der Waals surface area contributed by atoms with Crippen molar-refractivity contribution in [2.75, 3.05) is 0 Å². The highest BCUT2D eigenvalue weighted by molar-refractivity contribution is 5.94. The van der Waals surface area contributed by atoms with E-state index in [2.05, 4.69) is 11.2 Å². The number of nitrogens with one attached hydrogen (secondary N) is 1. The number of carbonyl (C=O) groups excluding carboxylic acids is 1. The molecule has 88 valence electrons. The molecule has 0 saturated heterocycles. The van der Waals surface area contributed by atoms with Gasteiger partial charge in [-0.3, -0.25) is 4.79 Å². The predicted octanol–water partition coefficient (Wildman–Crippen LogP) is 2.80. The third-order valence-corrected chi connectivity index (χ3v) is 3.18. The van der Waals surface area contributed by atoms with Crippen molar-refractivity contribution >= 4 is 5.78 Å². The van der Waals surface area contributed by atoms with Gasteiger partial charge in [-0.2, -0.15) is 0 Å². The number of ketones is 1. The molecule has 1 aliphatic rings. The standard InChI is InChI=1S/C14H21NO/c1-4-8-14(12(3)16)11(2)15-13-9-6-5-7-10-13/h1,13,15H,5-10H2,2-3H3/b14-11-. The maximum Gasteiger partial charge on any atom is 0.158 e. The summed E-state index contributed by atoms with van der Waals surface area (Å²) in [5, 5.41) is 3.45. The van der Waals surface area contributed by atoms with Crippen molar-refractivity contribution in [1.82, 2.24) is 5.32 Å². The molecule has 0 aliphatic heterocycles. The van der Waals surface area contributed by atoms with Crippen LogP contribution in [0.2, 0.25) is 0 Å². The topological polar surface area (TPSA) is 29.1 Å². The molecule has 16 heavy (non-hydrogen) atoms. The maximum atomic E-state index is 11.4. The number of Topliss-reactive ketones (excluding diaryl/α,β-unsaturated/α-hetero) is 1. The van der Waals surface area contributed by atoms with Gasteiger partial charge in [-0.05, 0) is 26.7 Å². The van der Waals surface area contributed by atoms with Crippen molar-refractivity contribution in [3.63, 3.8) is 0 Å². The molecule has 0 unspecified atom stereocenters. The zero-order chi connectivity index (χ0) is 12.0. The Labute approximate surface area is 98.5 Å². The Kier molecular flexibility index (Phi) is 5.11. The van der Waals surface area contributed by atoms with Gasteiger partial charge in [0.15, 0.2) is 5.78 Å². The van der Waals surface area contributed by atoms with Gasteiger partial charge in [0.1, 0.15) is 0 Å². The first-order valence-electron chi connectivity index (χ1n) is 6.06. The zero-order valence-corrected chi connectivity index (χ0v) is 10.3. The van der Waals surface area contributed by atoms with Gasteiger partial charge in [0.2, 0.25) is 0 Å². The van der Waals surface area contributed by atoms with Crippen LogP contribution in [0.3, 0.4) is 0 Å². The molecule has 0 aromatic rings. The summed E-state index contributed by atoms with van der Waals surface area (Å²) in [5.74, 6) is 2.63. The molecule has 1 N–H and O–H groups in total. The quantitative estimate of drug-likeness (QED) is 0.582. The zero-order valence-electron chi connectivity index (χ0n) is 10.3. The molecule has 1 saturated carbocycles. The summed E-state index contributed by atoms with van der Waals surface area (Å²) in [6.07, 6.45) is 12.0. The predicted molar refractivity (Wildman–Crippen MR) is 66.8 cm³/mol. The van der Waals surface area contributed by atoms with Gasteiger partial charge in [-0.1, -0.05) is 19.3 Å². The van der Waals surface area contributed by atoms with Gasteiger partial charge in [0.05, 0.1) is 0 Å². The highest BCUT2D eigenvalue weighted by Crippen LogP contribution is 2.19. The molecule has 0 atom stereocenters. The molecule has 0 amide bonds. The number of allylic oxidation sites excluding steroid dienone is 2. The first-order chi connectivity index (χ1) is 7.65. The number of terminal acetylenes is 1. The Hall–Kier alpha value is -1.23. The number of hydrogen-bond acceptors (Lipinski definition) is 2. The van der Waals surface area contributed by atoms with Gasteiger partial charge in [-0.15, -0.1) is 12.3 Å². The number of hydrogen-bond donors (Lipinski definition) is 1. The van der Waals surface area contributed by atoms with E-state index in [-0.39, 0.29) is 5.78 Å². The Bertz CT molecular complexity index is 316. The molecule has 1 fully saturated rings. The maximum absolute atomic E-state index is 11.4. The van der Waals surface area contributed by atoms with E-state index >= 15 is 0 Å². The van der Waals surface area contributed by atoms with E-state index in [0.29, 0.717) is 12.5 Å². The van der Waals surface area contributed by atoms with Crippen LogP contribution >= 0.6 is 0 Å². The molecular formula is C14H21NO. The monoisotopic (exact) mass is 219 g/mol. The van der Waals surface area contributed by atoms with Crippen molar-refractivity contribution < 1.29 is 4.79 Å². The summed E-state index contributed by atoms with van der Waals surface area (Å²) in [6.45, 7) is 3.54. The minimum Gasteiger partial charge on any atom is -0.385 e. The van der Waals surface area contributed by atoms with Crippen molar-refractivity contribution in [1.29, 1.82) is 0 Å². The molecule has 0 spiro atoms. The Morgan fingerprint density at radius 1 is 1.31 bits per heavy atom. The number of rotatable bonds is 4. The highest BCUT2D eigenvalue weighted by Gasteiger charge is 2.15. The SMILES string of the molecule is C#CC/C(C(C)=O)=C(\C)NC1CCCCC1. The van der Waals surface area contributed by atoms with E-state index in [1.807, 2.05) is 6.92 Å². The Morgan fingerprint density at radius 3 is 2.44 bits per heavy atom. The van der Waals surface area contributed by atoms with Crippen LogP contribution < -0.4 is 5.32 Å². The van der Waals surface area contributed by atoms with E-state index < -0.39 is 0 Å². The van der Waals surface area contributed by atoms with E-state index in [9.17, 15) is 4.79 Å². The first-order valence-corrected chi connectivity index (χ1v) is 6.06. The van der Waals surface area contributed by atoms with Gasteiger partial charge in [0, 0.05) is 23.7 Å². The summed E-state index contributed by atoms with van der Waals surface area (Å²) < 4.78 is 0. The van der Waals surface area contributed by atoms with Crippen LogP contribution in [0.1, 0.15) is 52.4 Å².